The van der Waals surface area contributed by atoms with Gasteiger partial charge in [-0.1, -0.05) is 6.92 Å². The van der Waals surface area contributed by atoms with Gasteiger partial charge in [-0.05, 0) is 27.8 Å². The Hall–Kier alpha value is -1.10. The SMILES string of the molecule is CNCC(C)C(=O)N(C)CC(=O)NC(C)(C)C. The van der Waals surface area contributed by atoms with Crippen molar-refractivity contribution >= 4 is 11.8 Å². The van der Waals surface area contributed by atoms with Crippen molar-refractivity contribution in [3.8, 4) is 0 Å². The first kappa shape index (κ1) is 15.9. The van der Waals surface area contributed by atoms with Crippen LogP contribution in [-0.2, 0) is 9.59 Å². The maximum Gasteiger partial charge on any atom is 0.240 e. The Bertz CT molecular complexity index is 271. The molecule has 0 saturated heterocycles. The lowest BCUT2D eigenvalue weighted by atomic mass is 10.1. The normalized spacial score (nSPS) is 13.1. The molecule has 100 valence electrons. The van der Waals surface area contributed by atoms with E-state index in [0.717, 1.165) is 0 Å². The summed E-state index contributed by atoms with van der Waals surface area (Å²) >= 11 is 0. The molecular weight excluding hydrogens is 218 g/mol. The molecule has 5 heteroatoms. The highest BCUT2D eigenvalue weighted by molar-refractivity contribution is 5.85. The summed E-state index contributed by atoms with van der Waals surface area (Å²) < 4.78 is 0. The van der Waals surface area contributed by atoms with Crippen LogP contribution in [0, 0.1) is 5.92 Å². The average molecular weight is 243 g/mol. The predicted octanol–water partition coefficient (Wildman–Crippen LogP) is 0.215. The van der Waals surface area contributed by atoms with Gasteiger partial charge in [0.2, 0.25) is 11.8 Å². The van der Waals surface area contributed by atoms with E-state index < -0.39 is 0 Å². The van der Waals surface area contributed by atoms with Gasteiger partial charge in [-0.15, -0.1) is 0 Å². The zero-order valence-electron chi connectivity index (χ0n) is 11.8. The van der Waals surface area contributed by atoms with Gasteiger partial charge in [0, 0.05) is 25.0 Å². The van der Waals surface area contributed by atoms with E-state index in [0.29, 0.717) is 6.54 Å². The second-order valence-electron chi connectivity index (χ2n) is 5.45. The molecule has 1 unspecified atom stereocenters. The van der Waals surface area contributed by atoms with Crippen LogP contribution in [0.3, 0.4) is 0 Å². The van der Waals surface area contributed by atoms with Crippen LogP contribution >= 0.6 is 0 Å². The first-order valence-electron chi connectivity index (χ1n) is 5.88. The van der Waals surface area contributed by atoms with Gasteiger partial charge in [-0.2, -0.15) is 0 Å². The standard InChI is InChI=1S/C12H25N3O2/c1-9(7-13-5)11(17)15(6)8-10(16)14-12(2,3)4/h9,13H,7-8H2,1-6H3,(H,14,16). The Morgan fingerprint density at radius 3 is 2.24 bits per heavy atom. The van der Waals surface area contributed by atoms with Crippen molar-refractivity contribution in [2.45, 2.75) is 33.2 Å². The van der Waals surface area contributed by atoms with E-state index in [1.807, 2.05) is 27.7 Å². The summed E-state index contributed by atoms with van der Waals surface area (Å²) in [4.78, 5) is 24.9. The number of rotatable bonds is 5. The number of likely N-dealkylation sites (N-methyl/N-ethyl adjacent to an activating group) is 1. The van der Waals surface area contributed by atoms with Gasteiger partial charge in [0.15, 0.2) is 0 Å². The number of hydrogen-bond donors (Lipinski definition) is 2. The van der Waals surface area contributed by atoms with Crippen LogP contribution in [-0.4, -0.2) is 49.4 Å². The third-order valence-corrected chi connectivity index (χ3v) is 2.20. The second-order valence-corrected chi connectivity index (χ2v) is 5.45. The minimum atomic E-state index is -0.266. The van der Waals surface area contributed by atoms with E-state index in [2.05, 4.69) is 10.6 Å². The number of carbonyl (C=O) groups is 2. The molecule has 0 aliphatic rings. The summed E-state index contributed by atoms with van der Waals surface area (Å²) in [5.74, 6) is -0.277. The zero-order valence-corrected chi connectivity index (χ0v) is 11.8. The summed E-state index contributed by atoms with van der Waals surface area (Å²) in [7, 11) is 3.45. The van der Waals surface area contributed by atoms with Gasteiger partial charge < -0.3 is 15.5 Å². The summed E-state index contributed by atoms with van der Waals surface area (Å²) in [5.41, 5.74) is -0.266. The van der Waals surface area contributed by atoms with Gasteiger partial charge >= 0.3 is 0 Å². The van der Waals surface area contributed by atoms with Crippen molar-refractivity contribution < 1.29 is 9.59 Å². The fraction of sp³-hybridized carbons (Fsp3) is 0.833. The fourth-order valence-corrected chi connectivity index (χ4v) is 1.52. The molecule has 0 spiro atoms. The quantitative estimate of drug-likeness (QED) is 0.726. The lowest BCUT2D eigenvalue weighted by Gasteiger charge is -2.25. The molecular formula is C12H25N3O2. The molecule has 0 aromatic heterocycles. The first-order valence-corrected chi connectivity index (χ1v) is 5.88. The van der Waals surface area contributed by atoms with Gasteiger partial charge in [-0.25, -0.2) is 0 Å². The fourth-order valence-electron chi connectivity index (χ4n) is 1.52. The van der Waals surface area contributed by atoms with Gasteiger partial charge in [0.25, 0.3) is 0 Å². The zero-order chi connectivity index (χ0) is 13.6. The highest BCUT2D eigenvalue weighted by atomic mass is 16.2. The molecule has 0 aliphatic carbocycles. The van der Waals surface area contributed by atoms with E-state index in [-0.39, 0.29) is 29.8 Å². The van der Waals surface area contributed by atoms with Crippen LogP contribution in [0.4, 0.5) is 0 Å². The molecule has 1 atom stereocenters. The van der Waals surface area contributed by atoms with Crippen molar-refractivity contribution in [1.29, 1.82) is 0 Å². The number of carbonyl (C=O) groups excluding carboxylic acids is 2. The van der Waals surface area contributed by atoms with Crippen LogP contribution < -0.4 is 10.6 Å². The molecule has 0 aromatic carbocycles. The van der Waals surface area contributed by atoms with E-state index in [9.17, 15) is 9.59 Å². The third-order valence-electron chi connectivity index (χ3n) is 2.20. The first-order chi connectivity index (χ1) is 7.67. The number of amides is 2. The second kappa shape index (κ2) is 6.59. The largest absolute Gasteiger partial charge is 0.350 e. The van der Waals surface area contributed by atoms with Crippen LogP contribution in [0.5, 0.6) is 0 Å². The van der Waals surface area contributed by atoms with Crippen molar-refractivity contribution in [2.24, 2.45) is 5.92 Å². The van der Waals surface area contributed by atoms with Crippen molar-refractivity contribution in [1.82, 2.24) is 15.5 Å². The van der Waals surface area contributed by atoms with Crippen LogP contribution in [0.1, 0.15) is 27.7 Å². The molecule has 17 heavy (non-hydrogen) atoms. The predicted molar refractivity (Wildman–Crippen MR) is 68.6 cm³/mol. The maximum absolute atomic E-state index is 11.8. The molecule has 0 fully saturated rings. The Labute approximate surface area is 104 Å². The number of nitrogens with zero attached hydrogens (tertiary/aromatic N) is 1. The maximum atomic E-state index is 11.8. The lowest BCUT2D eigenvalue weighted by molar-refractivity contribution is -0.137. The summed E-state index contributed by atoms with van der Waals surface area (Å²) in [6.07, 6.45) is 0. The van der Waals surface area contributed by atoms with Crippen LogP contribution in [0.2, 0.25) is 0 Å². The Morgan fingerprint density at radius 1 is 1.29 bits per heavy atom. The molecule has 0 saturated carbocycles. The highest BCUT2D eigenvalue weighted by Crippen LogP contribution is 2.01. The van der Waals surface area contributed by atoms with Crippen molar-refractivity contribution in [3.63, 3.8) is 0 Å². The minimum Gasteiger partial charge on any atom is -0.350 e. The molecule has 2 N–H and O–H groups in total. The molecule has 2 amide bonds. The van der Waals surface area contributed by atoms with Gasteiger partial charge in [0.05, 0.1) is 6.54 Å². The van der Waals surface area contributed by atoms with Gasteiger partial charge in [0.1, 0.15) is 0 Å². The van der Waals surface area contributed by atoms with Crippen LogP contribution in [0.25, 0.3) is 0 Å². The number of hydrogen-bond acceptors (Lipinski definition) is 3. The molecule has 5 nitrogen and oxygen atoms in total. The smallest absolute Gasteiger partial charge is 0.240 e. The molecule has 0 aromatic rings. The third kappa shape index (κ3) is 6.94. The van der Waals surface area contributed by atoms with Crippen molar-refractivity contribution in [3.05, 3.63) is 0 Å². The molecule has 0 radical (unpaired) electrons. The van der Waals surface area contributed by atoms with Crippen LogP contribution in [0.15, 0.2) is 0 Å². The number of nitrogens with one attached hydrogen (secondary N) is 2. The summed E-state index contributed by atoms with van der Waals surface area (Å²) in [6, 6.07) is 0. The Morgan fingerprint density at radius 2 is 1.82 bits per heavy atom. The molecule has 0 aliphatic heterocycles. The monoisotopic (exact) mass is 243 g/mol. The topological polar surface area (TPSA) is 61.4 Å². The average Bonchev–Trinajstić information content (AvgIpc) is 2.13. The molecule has 0 rings (SSSR count). The highest BCUT2D eigenvalue weighted by Gasteiger charge is 2.20. The Balaban J connectivity index is 4.21. The summed E-state index contributed by atoms with van der Waals surface area (Å²) in [5, 5.41) is 5.77. The van der Waals surface area contributed by atoms with E-state index in [1.165, 1.54) is 4.90 Å². The molecule has 0 heterocycles. The van der Waals surface area contributed by atoms with E-state index in [4.69, 9.17) is 0 Å². The molecule has 0 bridgehead atoms. The van der Waals surface area contributed by atoms with Crippen molar-refractivity contribution in [2.75, 3.05) is 27.2 Å². The van der Waals surface area contributed by atoms with E-state index >= 15 is 0 Å². The van der Waals surface area contributed by atoms with Gasteiger partial charge in [-0.3, -0.25) is 9.59 Å². The summed E-state index contributed by atoms with van der Waals surface area (Å²) in [6.45, 7) is 8.30. The lowest BCUT2D eigenvalue weighted by Crippen LogP contribution is -2.47. The minimum absolute atomic E-state index is 0.0246. The Kier molecular flexibility index (Phi) is 6.16. The van der Waals surface area contributed by atoms with E-state index in [1.54, 1.807) is 14.1 Å².